The highest BCUT2D eigenvalue weighted by Crippen LogP contribution is 2.49. The molecule has 0 radical (unpaired) electrons. The van der Waals surface area contributed by atoms with Gasteiger partial charge in [-0.05, 0) is 37.0 Å². The number of carbonyl (C=O) groups is 2. The van der Waals surface area contributed by atoms with Crippen molar-refractivity contribution in [1.82, 2.24) is 0 Å². The van der Waals surface area contributed by atoms with Crippen LogP contribution in [0.4, 0.5) is 0 Å². The molecule has 2 aliphatic carbocycles. The Kier molecular flexibility index (Phi) is 3.93. The van der Waals surface area contributed by atoms with Crippen molar-refractivity contribution >= 4 is 11.9 Å². The summed E-state index contributed by atoms with van der Waals surface area (Å²) in [6.45, 7) is 2.10. The van der Waals surface area contributed by atoms with Crippen LogP contribution in [-0.4, -0.2) is 22.2 Å². The Bertz CT molecular complexity index is 339. The summed E-state index contributed by atoms with van der Waals surface area (Å²) in [5.74, 6) is -1.86. The van der Waals surface area contributed by atoms with E-state index in [1.807, 2.05) is 0 Å². The summed E-state index contributed by atoms with van der Waals surface area (Å²) in [6.07, 6.45) is 5.28. The van der Waals surface area contributed by atoms with E-state index in [9.17, 15) is 19.8 Å². The van der Waals surface area contributed by atoms with Crippen molar-refractivity contribution in [3.63, 3.8) is 0 Å². The first kappa shape index (κ1) is 13.4. The molecule has 0 saturated heterocycles. The minimum Gasteiger partial charge on any atom is -0.481 e. The van der Waals surface area contributed by atoms with E-state index in [0.717, 1.165) is 25.7 Å². The third kappa shape index (κ3) is 2.38. The van der Waals surface area contributed by atoms with Crippen LogP contribution >= 0.6 is 0 Å². The molecule has 5 unspecified atom stereocenters. The Labute approximate surface area is 107 Å². The Morgan fingerprint density at radius 3 is 2.28 bits per heavy atom. The second-order valence-corrected chi connectivity index (χ2v) is 5.90. The third-order valence-corrected chi connectivity index (χ3v) is 5.00. The fourth-order valence-electron chi connectivity index (χ4n) is 4.12. The molecular weight excluding hydrogens is 232 g/mol. The number of carboxylic acid groups (broad SMARTS) is 2. The summed E-state index contributed by atoms with van der Waals surface area (Å²) in [7, 11) is 0. The van der Waals surface area contributed by atoms with Crippen LogP contribution in [-0.2, 0) is 9.59 Å². The average Bonchev–Trinajstić information content (AvgIpc) is 2.36. The van der Waals surface area contributed by atoms with Crippen LogP contribution in [0.1, 0.15) is 45.4 Å². The lowest BCUT2D eigenvalue weighted by Gasteiger charge is -2.45. The lowest BCUT2D eigenvalue weighted by Crippen LogP contribution is -2.45. The zero-order chi connectivity index (χ0) is 13.3. The zero-order valence-corrected chi connectivity index (χ0v) is 10.8. The summed E-state index contributed by atoms with van der Waals surface area (Å²) in [6, 6.07) is 0. The van der Waals surface area contributed by atoms with Crippen LogP contribution in [0.3, 0.4) is 0 Å². The van der Waals surface area contributed by atoms with Gasteiger partial charge in [0.05, 0.1) is 11.8 Å². The van der Waals surface area contributed by atoms with Gasteiger partial charge in [0, 0.05) is 0 Å². The second-order valence-electron chi connectivity index (χ2n) is 5.90. The highest BCUT2D eigenvalue weighted by molar-refractivity contribution is 5.75. The van der Waals surface area contributed by atoms with Crippen LogP contribution < -0.4 is 0 Å². The molecule has 0 spiro atoms. The van der Waals surface area contributed by atoms with Gasteiger partial charge in [0.2, 0.25) is 0 Å². The van der Waals surface area contributed by atoms with E-state index in [1.165, 1.54) is 0 Å². The first-order valence-corrected chi connectivity index (χ1v) is 7.00. The Morgan fingerprint density at radius 2 is 1.72 bits per heavy atom. The standard InChI is InChI=1S/C14H22O4/c1-2-8-6-9-4-3-5-10(13(15)16)12(9)11(7-8)14(17)18/h8-12H,2-7H2,1H3,(H,15,16)(H,17,18). The lowest BCUT2D eigenvalue weighted by molar-refractivity contribution is -0.157. The van der Waals surface area contributed by atoms with E-state index in [-0.39, 0.29) is 5.92 Å². The molecule has 2 saturated carbocycles. The van der Waals surface area contributed by atoms with E-state index in [0.29, 0.717) is 24.7 Å². The first-order chi connectivity index (χ1) is 8.54. The molecule has 5 atom stereocenters. The number of carboxylic acids is 2. The molecule has 4 heteroatoms. The normalized spacial score (nSPS) is 39.9. The van der Waals surface area contributed by atoms with E-state index in [1.54, 1.807) is 0 Å². The molecular formula is C14H22O4. The van der Waals surface area contributed by atoms with Gasteiger partial charge in [-0.1, -0.05) is 26.2 Å². The predicted octanol–water partition coefficient (Wildman–Crippen LogP) is 2.62. The Balaban J connectivity index is 2.24. The molecule has 2 rings (SSSR count). The number of aliphatic carboxylic acids is 2. The Hall–Kier alpha value is -1.06. The molecule has 0 amide bonds. The van der Waals surface area contributed by atoms with E-state index >= 15 is 0 Å². The van der Waals surface area contributed by atoms with Crippen molar-refractivity contribution < 1.29 is 19.8 Å². The molecule has 102 valence electrons. The second kappa shape index (κ2) is 5.29. The molecule has 0 heterocycles. The molecule has 2 aliphatic rings. The number of fused-ring (bicyclic) bond motifs is 1. The summed E-state index contributed by atoms with van der Waals surface area (Å²) in [5, 5.41) is 18.7. The molecule has 2 N–H and O–H groups in total. The summed E-state index contributed by atoms with van der Waals surface area (Å²) < 4.78 is 0. The molecule has 0 bridgehead atoms. The maximum absolute atomic E-state index is 11.4. The van der Waals surface area contributed by atoms with E-state index < -0.39 is 23.8 Å². The van der Waals surface area contributed by atoms with Crippen molar-refractivity contribution in [1.29, 1.82) is 0 Å². The van der Waals surface area contributed by atoms with Gasteiger partial charge in [-0.3, -0.25) is 9.59 Å². The first-order valence-electron chi connectivity index (χ1n) is 7.00. The van der Waals surface area contributed by atoms with Gasteiger partial charge in [-0.2, -0.15) is 0 Å². The quantitative estimate of drug-likeness (QED) is 0.811. The van der Waals surface area contributed by atoms with Gasteiger partial charge in [0.1, 0.15) is 0 Å². The Morgan fingerprint density at radius 1 is 1.06 bits per heavy atom. The van der Waals surface area contributed by atoms with Gasteiger partial charge in [0.25, 0.3) is 0 Å². The maximum Gasteiger partial charge on any atom is 0.306 e. The van der Waals surface area contributed by atoms with Crippen molar-refractivity contribution in [2.24, 2.45) is 29.6 Å². The molecule has 18 heavy (non-hydrogen) atoms. The molecule has 2 fully saturated rings. The zero-order valence-electron chi connectivity index (χ0n) is 10.8. The molecule has 0 aromatic carbocycles. The van der Waals surface area contributed by atoms with Gasteiger partial charge >= 0.3 is 11.9 Å². The highest BCUT2D eigenvalue weighted by atomic mass is 16.4. The largest absolute Gasteiger partial charge is 0.481 e. The van der Waals surface area contributed by atoms with Crippen molar-refractivity contribution in [3.05, 3.63) is 0 Å². The molecule has 0 aromatic heterocycles. The van der Waals surface area contributed by atoms with Gasteiger partial charge in [-0.25, -0.2) is 0 Å². The smallest absolute Gasteiger partial charge is 0.306 e. The fourth-order valence-corrected chi connectivity index (χ4v) is 4.12. The van der Waals surface area contributed by atoms with E-state index in [4.69, 9.17) is 0 Å². The number of hydrogen-bond acceptors (Lipinski definition) is 2. The SMILES string of the molecule is CCC1CC2CCCC(C(=O)O)C2C(C(=O)O)C1. The topological polar surface area (TPSA) is 74.6 Å². The van der Waals surface area contributed by atoms with Crippen molar-refractivity contribution in [2.45, 2.75) is 45.4 Å². The molecule has 0 aliphatic heterocycles. The maximum atomic E-state index is 11.4. The van der Waals surface area contributed by atoms with Crippen molar-refractivity contribution in [2.75, 3.05) is 0 Å². The number of hydrogen-bond donors (Lipinski definition) is 2. The summed E-state index contributed by atoms with van der Waals surface area (Å²) in [4.78, 5) is 22.8. The van der Waals surface area contributed by atoms with Crippen LogP contribution in [0.5, 0.6) is 0 Å². The summed E-state index contributed by atoms with van der Waals surface area (Å²) in [5.41, 5.74) is 0. The predicted molar refractivity (Wildman–Crippen MR) is 66.1 cm³/mol. The fraction of sp³-hybridized carbons (Fsp3) is 0.857. The van der Waals surface area contributed by atoms with Crippen LogP contribution in [0.25, 0.3) is 0 Å². The molecule has 0 aromatic rings. The number of rotatable bonds is 3. The monoisotopic (exact) mass is 254 g/mol. The lowest BCUT2D eigenvalue weighted by atomic mass is 9.58. The van der Waals surface area contributed by atoms with Crippen molar-refractivity contribution in [3.8, 4) is 0 Å². The highest BCUT2D eigenvalue weighted by Gasteiger charge is 2.48. The van der Waals surface area contributed by atoms with Gasteiger partial charge in [-0.15, -0.1) is 0 Å². The minimum atomic E-state index is -0.800. The minimum absolute atomic E-state index is 0.142. The third-order valence-electron chi connectivity index (χ3n) is 5.00. The van der Waals surface area contributed by atoms with E-state index in [2.05, 4.69) is 6.92 Å². The van der Waals surface area contributed by atoms with Crippen LogP contribution in [0, 0.1) is 29.6 Å². The van der Waals surface area contributed by atoms with Crippen LogP contribution in [0.15, 0.2) is 0 Å². The summed E-state index contributed by atoms with van der Waals surface area (Å²) >= 11 is 0. The van der Waals surface area contributed by atoms with Gasteiger partial charge in [0.15, 0.2) is 0 Å². The average molecular weight is 254 g/mol. The van der Waals surface area contributed by atoms with Crippen LogP contribution in [0.2, 0.25) is 0 Å². The molecule has 4 nitrogen and oxygen atoms in total. The van der Waals surface area contributed by atoms with Gasteiger partial charge < -0.3 is 10.2 Å².